The lowest BCUT2D eigenvalue weighted by Gasteiger charge is -2.22. The van der Waals surface area contributed by atoms with Crippen molar-refractivity contribution in [1.29, 1.82) is 0 Å². The molecule has 5 nitrogen and oxygen atoms in total. The second-order valence-corrected chi connectivity index (χ2v) is 4.80. The molecule has 0 saturated carbocycles. The molecule has 0 saturated heterocycles. The molecule has 0 fully saturated rings. The highest BCUT2D eigenvalue weighted by molar-refractivity contribution is 6.08. The molecule has 0 atom stereocenters. The summed E-state index contributed by atoms with van der Waals surface area (Å²) in [6.45, 7) is 2.76. The van der Waals surface area contributed by atoms with Gasteiger partial charge in [0.15, 0.2) is 0 Å². The summed E-state index contributed by atoms with van der Waals surface area (Å²) < 4.78 is 0. The minimum atomic E-state index is -1.46. The van der Waals surface area contributed by atoms with Crippen LogP contribution in [0.15, 0.2) is 24.3 Å². The van der Waals surface area contributed by atoms with Gasteiger partial charge in [-0.15, -0.1) is 0 Å². The van der Waals surface area contributed by atoms with Gasteiger partial charge in [0.1, 0.15) is 5.41 Å². The fourth-order valence-corrected chi connectivity index (χ4v) is 1.35. The number of rotatable bonds is 4. The molecule has 0 heterocycles. The number of carboxylic acids is 1. The van der Waals surface area contributed by atoms with Gasteiger partial charge in [-0.2, -0.15) is 0 Å². The predicted octanol–water partition coefficient (Wildman–Crippen LogP) is 1.80. The number of nitrogens with one attached hydrogen (secondary N) is 1. The summed E-state index contributed by atoms with van der Waals surface area (Å²) in [5.41, 5.74) is -0.0340. The lowest BCUT2D eigenvalue weighted by molar-refractivity contribution is -0.151. The second kappa shape index (κ2) is 5.08. The van der Waals surface area contributed by atoms with Crippen LogP contribution in [0.1, 0.15) is 13.8 Å². The number of carboxylic acid groups (broad SMARTS) is 1. The van der Waals surface area contributed by atoms with Crippen molar-refractivity contribution >= 4 is 23.3 Å². The molecule has 2 N–H and O–H groups in total. The van der Waals surface area contributed by atoms with Crippen LogP contribution in [0.2, 0.25) is 0 Å². The fourth-order valence-electron chi connectivity index (χ4n) is 1.35. The van der Waals surface area contributed by atoms with E-state index in [1.54, 1.807) is 12.1 Å². The molecule has 18 heavy (non-hydrogen) atoms. The molecule has 0 aliphatic heterocycles. The standard InChI is InChI=1S/C13H18N2O3/c1-13(2,12(17)18)11(16)14-9-7-5-6-8-10(9)15(3)4/h5-8H,1-4H3,(H,14,16)(H,17,18). The minimum Gasteiger partial charge on any atom is -0.480 e. The van der Waals surface area contributed by atoms with E-state index in [1.165, 1.54) is 13.8 Å². The average Bonchev–Trinajstić information content (AvgIpc) is 2.29. The summed E-state index contributed by atoms with van der Waals surface area (Å²) in [4.78, 5) is 24.8. The molecule has 0 aliphatic rings. The van der Waals surface area contributed by atoms with Crippen LogP contribution in [0.3, 0.4) is 0 Å². The molecule has 0 spiro atoms. The molecule has 0 aromatic heterocycles. The van der Waals surface area contributed by atoms with Gasteiger partial charge in [0, 0.05) is 14.1 Å². The van der Waals surface area contributed by atoms with E-state index in [1.807, 2.05) is 31.1 Å². The van der Waals surface area contributed by atoms with Crippen molar-refractivity contribution in [2.75, 3.05) is 24.3 Å². The zero-order chi connectivity index (χ0) is 13.9. The van der Waals surface area contributed by atoms with Gasteiger partial charge in [0.05, 0.1) is 11.4 Å². The van der Waals surface area contributed by atoms with Gasteiger partial charge in [-0.3, -0.25) is 9.59 Å². The molecule has 5 heteroatoms. The Hall–Kier alpha value is -2.04. The summed E-state index contributed by atoms with van der Waals surface area (Å²) in [7, 11) is 3.71. The molecule has 1 aromatic carbocycles. The Labute approximate surface area is 106 Å². The Bertz CT molecular complexity index is 467. The molecule has 0 bridgehead atoms. The van der Waals surface area contributed by atoms with Crippen molar-refractivity contribution in [3.8, 4) is 0 Å². The van der Waals surface area contributed by atoms with Crippen molar-refractivity contribution in [3.63, 3.8) is 0 Å². The number of anilines is 2. The zero-order valence-electron chi connectivity index (χ0n) is 11.0. The third kappa shape index (κ3) is 2.80. The van der Waals surface area contributed by atoms with Gasteiger partial charge in [-0.25, -0.2) is 0 Å². The molecular weight excluding hydrogens is 232 g/mol. The monoisotopic (exact) mass is 250 g/mol. The number of benzene rings is 1. The van der Waals surface area contributed by atoms with Crippen molar-refractivity contribution in [1.82, 2.24) is 0 Å². The summed E-state index contributed by atoms with van der Waals surface area (Å²) in [5, 5.41) is 11.6. The summed E-state index contributed by atoms with van der Waals surface area (Å²) >= 11 is 0. The molecule has 1 amide bonds. The van der Waals surface area contributed by atoms with Gasteiger partial charge in [-0.05, 0) is 26.0 Å². The molecule has 1 aromatic rings. The topological polar surface area (TPSA) is 69.6 Å². The molecular formula is C13H18N2O3. The number of hydrogen-bond donors (Lipinski definition) is 2. The average molecular weight is 250 g/mol. The SMILES string of the molecule is CN(C)c1ccccc1NC(=O)C(C)(C)C(=O)O. The first-order valence-electron chi connectivity index (χ1n) is 5.58. The van der Waals surface area contributed by atoms with E-state index < -0.39 is 17.3 Å². The van der Waals surface area contributed by atoms with Crippen LogP contribution in [0, 0.1) is 5.41 Å². The highest BCUT2D eigenvalue weighted by atomic mass is 16.4. The quantitative estimate of drug-likeness (QED) is 0.799. The fraction of sp³-hybridized carbons (Fsp3) is 0.385. The third-order valence-electron chi connectivity index (χ3n) is 2.74. The van der Waals surface area contributed by atoms with Crippen LogP contribution in [-0.2, 0) is 9.59 Å². The lowest BCUT2D eigenvalue weighted by Crippen LogP contribution is -2.38. The highest BCUT2D eigenvalue weighted by Gasteiger charge is 2.36. The molecule has 0 aliphatic carbocycles. The number of carbonyl (C=O) groups is 2. The number of aliphatic carboxylic acids is 1. The number of amides is 1. The molecule has 0 radical (unpaired) electrons. The number of carbonyl (C=O) groups excluding carboxylic acids is 1. The van der Waals surface area contributed by atoms with Gasteiger partial charge in [0.2, 0.25) is 5.91 Å². The van der Waals surface area contributed by atoms with Crippen LogP contribution in [-0.4, -0.2) is 31.1 Å². The van der Waals surface area contributed by atoms with E-state index in [2.05, 4.69) is 5.32 Å². The third-order valence-corrected chi connectivity index (χ3v) is 2.74. The number of nitrogens with zero attached hydrogens (tertiary/aromatic N) is 1. The van der Waals surface area contributed by atoms with Crippen LogP contribution >= 0.6 is 0 Å². The van der Waals surface area contributed by atoms with E-state index in [0.717, 1.165) is 5.69 Å². The normalized spacial score (nSPS) is 10.9. The van der Waals surface area contributed by atoms with Gasteiger partial charge in [0.25, 0.3) is 0 Å². The van der Waals surface area contributed by atoms with E-state index in [4.69, 9.17) is 5.11 Å². The molecule has 0 unspecified atom stereocenters. The van der Waals surface area contributed by atoms with Crippen LogP contribution in [0.4, 0.5) is 11.4 Å². The van der Waals surface area contributed by atoms with Gasteiger partial charge in [-0.1, -0.05) is 12.1 Å². The minimum absolute atomic E-state index is 0.538. The summed E-state index contributed by atoms with van der Waals surface area (Å²) in [6.07, 6.45) is 0. The van der Waals surface area contributed by atoms with Gasteiger partial charge < -0.3 is 15.3 Å². The number of hydrogen-bond acceptors (Lipinski definition) is 3. The van der Waals surface area contributed by atoms with Crippen molar-refractivity contribution in [2.45, 2.75) is 13.8 Å². The maximum atomic E-state index is 11.9. The van der Waals surface area contributed by atoms with Crippen molar-refractivity contribution < 1.29 is 14.7 Å². The van der Waals surface area contributed by atoms with Crippen LogP contribution in [0.25, 0.3) is 0 Å². The van der Waals surface area contributed by atoms with Crippen LogP contribution < -0.4 is 10.2 Å². The Kier molecular flexibility index (Phi) is 3.96. The van der Waals surface area contributed by atoms with E-state index in [-0.39, 0.29) is 0 Å². The maximum Gasteiger partial charge on any atom is 0.318 e. The van der Waals surface area contributed by atoms with Crippen molar-refractivity contribution in [3.05, 3.63) is 24.3 Å². The first-order valence-corrected chi connectivity index (χ1v) is 5.58. The first-order chi connectivity index (χ1) is 8.26. The van der Waals surface area contributed by atoms with Crippen LogP contribution in [0.5, 0.6) is 0 Å². The Morgan fingerprint density at radius 3 is 2.28 bits per heavy atom. The molecule has 1 rings (SSSR count). The Morgan fingerprint density at radius 1 is 1.22 bits per heavy atom. The second-order valence-electron chi connectivity index (χ2n) is 4.80. The molecule has 98 valence electrons. The zero-order valence-corrected chi connectivity index (χ0v) is 11.0. The van der Waals surface area contributed by atoms with Crippen molar-refractivity contribution in [2.24, 2.45) is 5.41 Å². The van der Waals surface area contributed by atoms with E-state index in [0.29, 0.717) is 5.69 Å². The number of para-hydroxylation sites is 2. The maximum absolute atomic E-state index is 11.9. The smallest absolute Gasteiger partial charge is 0.318 e. The van der Waals surface area contributed by atoms with E-state index in [9.17, 15) is 9.59 Å². The highest BCUT2D eigenvalue weighted by Crippen LogP contribution is 2.26. The summed E-state index contributed by atoms with van der Waals surface area (Å²) in [5.74, 6) is -1.69. The first kappa shape index (κ1) is 14.0. The Balaban J connectivity index is 2.99. The Morgan fingerprint density at radius 2 is 1.78 bits per heavy atom. The summed E-state index contributed by atoms with van der Waals surface area (Å²) in [6, 6.07) is 7.23. The van der Waals surface area contributed by atoms with Gasteiger partial charge >= 0.3 is 5.97 Å². The largest absolute Gasteiger partial charge is 0.480 e. The lowest BCUT2D eigenvalue weighted by atomic mass is 9.92. The predicted molar refractivity (Wildman–Crippen MR) is 70.8 cm³/mol. The van der Waals surface area contributed by atoms with E-state index >= 15 is 0 Å².